The number of amides is 1. The number of thioether (sulfide) groups is 1. The van der Waals surface area contributed by atoms with E-state index in [-0.39, 0.29) is 6.10 Å². The molecule has 0 bridgehead atoms. The van der Waals surface area contributed by atoms with Crippen molar-refractivity contribution in [2.45, 2.75) is 11.1 Å². The van der Waals surface area contributed by atoms with Crippen LogP contribution in [0, 0.1) is 0 Å². The van der Waals surface area contributed by atoms with Crippen molar-refractivity contribution in [3.05, 3.63) is 48.2 Å². The van der Waals surface area contributed by atoms with Gasteiger partial charge in [-0.1, -0.05) is 23.9 Å². The van der Waals surface area contributed by atoms with Crippen molar-refractivity contribution in [3.63, 3.8) is 0 Å². The van der Waals surface area contributed by atoms with Crippen molar-refractivity contribution in [3.8, 4) is 5.88 Å². The maximum absolute atomic E-state index is 10.6. The summed E-state index contributed by atoms with van der Waals surface area (Å²) in [5.74, 6) is 1.33. The van der Waals surface area contributed by atoms with Gasteiger partial charge in [-0.15, -0.1) is 0 Å². The zero-order valence-corrected chi connectivity index (χ0v) is 17.2. The number of morpholine rings is 1. The number of aliphatic imine (C=N–C) groups is 1. The molecule has 1 saturated heterocycles. The molecule has 4 rings (SSSR count). The van der Waals surface area contributed by atoms with Crippen LogP contribution in [0.25, 0.3) is 5.70 Å². The standard InChI is InChI=1S/C21H23N5O3S/c1-22-18(15-2-4-16(5-3-15)24-13-27)11-26-14-30-21-19(26)6-7-20(25-21)29-12-17-10-23-8-9-28-17/h2-7,11,13,17,23H,1,8-10,12,14H2,(H,24,27)/b18-11-. The van der Waals surface area contributed by atoms with Gasteiger partial charge >= 0.3 is 0 Å². The lowest BCUT2D eigenvalue weighted by Gasteiger charge is -2.23. The normalized spacial score (nSPS) is 18.6. The van der Waals surface area contributed by atoms with E-state index in [4.69, 9.17) is 9.47 Å². The molecule has 1 fully saturated rings. The van der Waals surface area contributed by atoms with Crippen molar-refractivity contribution in [1.29, 1.82) is 0 Å². The second-order valence-electron chi connectivity index (χ2n) is 6.74. The summed E-state index contributed by atoms with van der Waals surface area (Å²) >= 11 is 1.64. The Morgan fingerprint density at radius 2 is 2.27 bits per heavy atom. The lowest BCUT2D eigenvalue weighted by molar-refractivity contribution is -0.105. The maximum Gasteiger partial charge on any atom is 0.214 e. The molecule has 0 spiro atoms. The van der Waals surface area contributed by atoms with Crippen molar-refractivity contribution < 1.29 is 14.3 Å². The first-order valence-corrected chi connectivity index (χ1v) is 10.6. The number of fused-ring (bicyclic) bond motifs is 1. The number of carbonyl (C=O) groups excluding carboxylic acids is 1. The van der Waals surface area contributed by atoms with E-state index >= 15 is 0 Å². The maximum atomic E-state index is 10.6. The predicted molar refractivity (Wildman–Crippen MR) is 119 cm³/mol. The number of aromatic nitrogens is 1. The Morgan fingerprint density at radius 1 is 1.40 bits per heavy atom. The van der Waals surface area contributed by atoms with Gasteiger partial charge in [0.25, 0.3) is 0 Å². The molecule has 1 aromatic carbocycles. The summed E-state index contributed by atoms with van der Waals surface area (Å²) < 4.78 is 11.5. The van der Waals surface area contributed by atoms with Crippen LogP contribution < -0.4 is 20.3 Å². The minimum Gasteiger partial charge on any atom is -0.475 e. The Balaban J connectivity index is 1.45. The largest absolute Gasteiger partial charge is 0.475 e. The fourth-order valence-electron chi connectivity index (χ4n) is 3.19. The Hall–Kier alpha value is -2.88. The molecular formula is C21H23N5O3S. The molecule has 9 heteroatoms. The molecule has 2 aliphatic heterocycles. The van der Waals surface area contributed by atoms with E-state index in [0.717, 1.165) is 46.6 Å². The molecular weight excluding hydrogens is 402 g/mol. The zero-order chi connectivity index (χ0) is 20.8. The molecule has 0 aliphatic carbocycles. The van der Waals surface area contributed by atoms with Crippen LogP contribution in [0.5, 0.6) is 5.88 Å². The van der Waals surface area contributed by atoms with Gasteiger partial charge in [-0.3, -0.25) is 9.79 Å². The van der Waals surface area contributed by atoms with Crippen LogP contribution >= 0.6 is 11.8 Å². The van der Waals surface area contributed by atoms with E-state index in [0.29, 0.717) is 25.5 Å². The minimum absolute atomic E-state index is 0.0511. The average molecular weight is 426 g/mol. The predicted octanol–water partition coefficient (Wildman–Crippen LogP) is 2.59. The highest BCUT2D eigenvalue weighted by molar-refractivity contribution is 7.99. The highest BCUT2D eigenvalue weighted by Crippen LogP contribution is 2.39. The van der Waals surface area contributed by atoms with Crippen molar-refractivity contribution in [2.75, 3.05) is 42.4 Å². The fraction of sp³-hybridized carbons (Fsp3) is 0.286. The van der Waals surface area contributed by atoms with Crippen molar-refractivity contribution >= 4 is 42.0 Å². The van der Waals surface area contributed by atoms with Gasteiger partial charge in [0.2, 0.25) is 12.3 Å². The summed E-state index contributed by atoms with van der Waals surface area (Å²) in [5.41, 5.74) is 3.38. The number of ether oxygens (including phenoxy) is 2. The molecule has 0 saturated carbocycles. The topological polar surface area (TPSA) is 88.1 Å². The fourth-order valence-corrected chi connectivity index (χ4v) is 4.16. The summed E-state index contributed by atoms with van der Waals surface area (Å²) in [5, 5.41) is 6.83. The van der Waals surface area contributed by atoms with Gasteiger partial charge in [0.05, 0.1) is 23.9 Å². The van der Waals surface area contributed by atoms with Crippen LogP contribution in [-0.2, 0) is 9.53 Å². The molecule has 2 aliphatic rings. The number of nitrogens with zero attached hydrogens (tertiary/aromatic N) is 3. The first-order valence-electron chi connectivity index (χ1n) is 9.61. The molecule has 2 N–H and O–H groups in total. The summed E-state index contributed by atoms with van der Waals surface area (Å²) in [7, 11) is 0. The number of carbonyl (C=O) groups is 1. The van der Waals surface area contributed by atoms with Gasteiger partial charge in [0.1, 0.15) is 17.7 Å². The number of hydrogen-bond donors (Lipinski definition) is 2. The Labute approximate surface area is 179 Å². The summed E-state index contributed by atoms with van der Waals surface area (Å²) in [6.45, 7) is 6.56. The summed E-state index contributed by atoms with van der Waals surface area (Å²) in [4.78, 5) is 21.5. The molecule has 1 unspecified atom stereocenters. The van der Waals surface area contributed by atoms with Crippen LogP contribution in [0.2, 0.25) is 0 Å². The highest BCUT2D eigenvalue weighted by Gasteiger charge is 2.22. The number of hydrogen-bond acceptors (Lipinski definition) is 8. The smallest absolute Gasteiger partial charge is 0.214 e. The van der Waals surface area contributed by atoms with Gasteiger partial charge in [0, 0.05) is 36.6 Å². The molecule has 30 heavy (non-hydrogen) atoms. The van der Waals surface area contributed by atoms with Gasteiger partial charge in [-0.25, -0.2) is 4.98 Å². The third-order valence-corrected chi connectivity index (χ3v) is 5.72. The van der Waals surface area contributed by atoms with Gasteiger partial charge in [-0.05, 0) is 24.9 Å². The van der Waals surface area contributed by atoms with E-state index in [1.165, 1.54) is 0 Å². The number of pyridine rings is 1. The Morgan fingerprint density at radius 3 is 3.00 bits per heavy atom. The number of anilines is 2. The highest BCUT2D eigenvalue weighted by atomic mass is 32.2. The molecule has 2 aromatic rings. The van der Waals surface area contributed by atoms with Crippen molar-refractivity contribution in [2.24, 2.45) is 4.99 Å². The lowest BCUT2D eigenvalue weighted by Crippen LogP contribution is -2.41. The average Bonchev–Trinajstić information content (AvgIpc) is 3.19. The first-order chi connectivity index (χ1) is 14.8. The summed E-state index contributed by atoms with van der Waals surface area (Å²) in [6, 6.07) is 11.3. The molecule has 1 atom stereocenters. The third kappa shape index (κ3) is 4.81. The molecule has 8 nitrogen and oxygen atoms in total. The molecule has 1 aromatic heterocycles. The summed E-state index contributed by atoms with van der Waals surface area (Å²) in [6.07, 6.45) is 2.66. The Kier molecular flexibility index (Phi) is 6.63. The first kappa shape index (κ1) is 20.4. The number of rotatable bonds is 8. The molecule has 0 radical (unpaired) electrons. The van der Waals surface area contributed by atoms with E-state index in [2.05, 4.69) is 32.2 Å². The van der Waals surface area contributed by atoms with Crippen molar-refractivity contribution in [1.82, 2.24) is 10.3 Å². The van der Waals surface area contributed by atoms with E-state index in [1.54, 1.807) is 11.8 Å². The second kappa shape index (κ2) is 9.75. The van der Waals surface area contributed by atoms with Gasteiger partial charge in [-0.2, -0.15) is 0 Å². The zero-order valence-electron chi connectivity index (χ0n) is 16.4. The van der Waals surface area contributed by atoms with Crippen LogP contribution in [0.1, 0.15) is 5.56 Å². The molecule has 3 heterocycles. The quantitative estimate of drug-likeness (QED) is 0.496. The lowest BCUT2D eigenvalue weighted by atomic mass is 10.1. The minimum atomic E-state index is 0.0511. The third-order valence-electron chi connectivity index (χ3n) is 4.74. The Bertz CT molecular complexity index is 929. The van der Waals surface area contributed by atoms with Crippen LogP contribution in [0.3, 0.4) is 0 Å². The SMILES string of the molecule is C=N/C(=C\N1CSc2nc(OCC3CNCCO3)ccc21)c1ccc(NC=O)cc1. The second-order valence-corrected chi connectivity index (χ2v) is 7.67. The van der Waals surface area contributed by atoms with E-state index < -0.39 is 0 Å². The van der Waals surface area contributed by atoms with Gasteiger partial charge < -0.3 is 25.0 Å². The van der Waals surface area contributed by atoms with E-state index in [9.17, 15) is 4.79 Å². The van der Waals surface area contributed by atoms with E-state index in [1.807, 2.05) is 42.6 Å². The number of nitrogens with one attached hydrogen (secondary N) is 2. The van der Waals surface area contributed by atoms with Crippen LogP contribution in [-0.4, -0.2) is 56.4 Å². The van der Waals surface area contributed by atoms with Crippen LogP contribution in [0.4, 0.5) is 11.4 Å². The van der Waals surface area contributed by atoms with Crippen LogP contribution in [0.15, 0.2) is 52.6 Å². The monoisotopic (exact) mass is 425 g/mol. The number of benzene rings is 1. The molecule has 156 valence electrons. The van der Waals surface area contributed by atoms with Gasteiger partial charge in [0.15, 0.2) is 0 Å². The molecule has 1 amide bonds.